The van der Waals surface area contributed by atoms with Crippen molar-refractivity contribution in [1.29, 1.82) is 0 Å². The molecular formula is C10H12F3N. The Hall–Kier alpha value is -1.06. The minimum Gasteiger partial charge on any atom is -0.248 e. The van der Waals surface area contributed by atoms with Crippen molar-refractivity contribution in [2.45, 2.75) is 32.9 Å². The fraction of sp³-hybridized carbons (Fsp3) is 0.500. The summed E-state index contributed by atoms with van der Waals surface area (Å²) in [6, 6.07) is 2.53. The van der Waals surface area contributed by atoms with Gasteiger partial charge in [0.05, 0.1) is 0 Å². The molecule has 0 aliphatic rings. The Morgan fingerprint density at radius 1 is 1.21 bits per heavy atom. The predicted octanol–water partition coefficient (Wildman–Crippen LogP) is 3.53. The van der Waals surface area contributed by atoms with Gasteiger partial charge in [-0.05, 0) is 24.5 Å². The number of pyridine rings is 1. The molecule has 0 N–H and O–H groups in total. The van der Waals surface area contributed by atoms with Crippen LogP contribution in [0.2, 0.25) is 0 Å². The van der Waals surface area contributed by atoms with Crippen molar-refractivity contribution >= 4 is 0 Å². The summed E-state index contributed by atoms with van der Waals surface area (Å²) in [5.74, 6) is 0.199. The molecule has 0 aliphatic heterocycles. The number of rotatable bonds is 1. The Kier molecular flexibility index (Phi) is 2.83. The molecule has 1 aromatic rings. The molecule has 4 heteroatoms. The maximum Gasteiger partial charge on any atom is 0.433 e. The summed E-state index contributed by atoms with van der Waals surface area (Å²) in [6.07, 6.45) is -4.35. The zero-order valence-corrected chi connectivity index (χ0v) is 8.31. The van der Waals surface area contributed by atoms with Crippen LogP contribution in [0.3, 0.4) is 0 Å². The number of halogens is 3. The van der Waals surface area contributed by atoms with E-state index in [1.54, 1.807) is 6.92 Å². The number of alkyl halides is 3. The van der Waals surface area contributed by atoms with Gasteiger partial charge in [-0.15, -0.1) is 0 Å². The van der Waals surface area contributed by atoms with Crippen LogP contribution in [0.15, 0.2) is 12.1 Å². The molecule has 78 valence electrons. The second-order valence-corrected chi connectivity index (χ2v) is 3.52. The van der Waals surface area contributed by atoms with Crippen LogP contribution in [0.5, 0.6) is 0 Å². The van der Waals surface area contributed by atoms with Gasteiger partial charge in [0, 0.05) is 5.69 Å². The van der Waals surface area contributed by atoms with Crippen LogP contribution in [0.1, 0.15) is 36.7 Å². The number of aryl methyl sites for hydroxylation is 1. The molecule has 1 rings (SSSR count). The van der Waals surface area contributed by atoms with Crippen LogP contribution in [0, 0.1) is 6.92 Å². The zero-order valence-electron chi connectivity index (χ0n) is 8.31. The minimum absolute atomic E-state index is 0.199. The van der Waals surface area contributed by atoms with Crippen molar-refractivity contribution in [1.82, 2.24) is 4.98 Å². The summed E-state index contributed by atoms with van der Waals surface area (Å²) in [5.41, 5.74) is 0.493. The maximum atomic E-state index is 12.2. The molecule has 1 aromatic heterocycles. The van der Waals surface area contributed by atoms with Gasteiger partial charge in [-0.25, -0.2) is 4.98 Å². The first-order valence-corrected chi connectivity index (χ1v) is 4.37. The van der Waals surface area contributed by atoms with Crippen molar-refractivity contribution < 1.29 is 13.2 Å². The van der Waals surface area contributed by atoms with Gasteiger partial charge in [-0.2, -0.15) is 13.2 Å². The molecule has 0 aromatic carbocycles. The summed E-state index contributed by atoms with van der Waals surface area (Å²) in [5, 5.41) is 0. The lowest BCUT2D eigenvalue weighted by Gasteiger charge is -2.11. The molecule has 1 nitrogen and oxygen atoms in total. The molecule has 0 unspecified atom stereocenters. The van der Waals surface area contributed by atoms with E-state index < -0.39 is 11.9 Å². The van der Waals surface area contributed by atoms with Gasteiger partial charge in [-0.3, -0.25) is 0 Å². The van der Waals surface area contributed by atoms with Gasteiger partial charge in [-0.1, -0.05) is 19.9 Å². The van der Waals surface area contributed by atoms with E-state index in [9.17, 15) is 13.2 Å². The van der Waals surface area contributed by atoms with Crippen molar-refractivity contribution in [2.24, 2.45) is 0 Å². The predicted molar refractivity (Wildman–Crippen MR) is 48.1 cm³/mol. The first-order valence-electron chi connectivity index (χ1n) is 4.37. The number of hydrogen-bond acceptors (Lipinski definition) is 1. The second kappa shape index (κ2) is 3.59. The SMILES string of the molecule is Cc1nc(C(F)(F)F)ccc1C(C)C. The first-order chi connectivity index (χ1) is 6.32. The van der Waals surface area contributed by atoms with Gasteiger partial charge in [0.2, 0.25) is 0 Å². The third-order valence-electron chi connectivity index (χ3n) is 2.04. The van der Waals surface area contributed by atoms with E-state index in [0.717, 1.165) is 11.6 Å². The summed E-state index contributed by atoms with van der Waals surface area (Å²) in [7, 11) is 0. The van der Waals surface area contributed by atoms with E-state index in [0.29, 0.717) is 5.69 Å². The van der Waals surface area contributed by atoms with Gasteiger partial charge >= 0.3 is 6.18 Å². The van der Waals surface area contributed by atoms with Crippen LogP contribution < -0.4 is 0 Å². The number of aromatic nitrogens is 1. The molecule has 1 heterocycles. The van der Waals surface area contributed by atoms with Gasteiger partial charge in [0.1, 0.15) is 5.69 Å². The molecule has 14 heavy (non-hydrogen) atoms. The standard InChI is InChI=1S/C10H12F3N/c1-6(2)8-4-5-9(10(11,12)13)14-7(8)3/h4-6H,1-3H3. The Morgan fingerprint density at radius 2 is 1.79 bits per heavy atom. The van der Waals surface area contributed by atoms with Crippen LogP contribution >= 0.6 is 0 Å². The Bertz CT molecular complexity index is 329. The molecule has 0 atom stereocenters. The van der Waals surface area contributed by atoms with Crippen molar-refractivity contribution in [3.05, 3.63) is 29.1 Å². The minimum atomic E-state index is -4.35. The molecule has 0 bridgehead atoms. The normalized spacial score (nSPS) is 12.2. The lowest BCUT2D eigenvalue weighted by molar-refractivity contribution is -0.141. The Labute approximate surface area is 81.0 Å². The second-order valence-electron chi connectivity index (χ2n) is 3.52. The molecule has 0 fully saturated rings. The molecule has 0 radical (unpaired) electrons. The maximum absolute atomic E-state index is 12.2. The summed E-state index contributed by atoms with van der Waals surface area (Å²) in [6.45, 7) is 5.46. The lowest BCUT2D eigenvalue weighted by Crippen LogP contribution is -2.10. The fourth-order valence-corrected chi connectivity index (χ4v) is 1.34. The van der Waals surface area contributed by atoms with Gasteiger partial charge in [0.25, 0.3) is 0 Å². The molecule has 0 spiro atoms. The summed E-state index contributed by atoms with van der Waals surface area (Å²) >= 11 is 0. The molecule has 0 saturated heterocycles. The van der Waals surface area contributed by atoms with E-state index in [4.69, 9.17) is 0 Å². The highest BCUT2D eigenvalue weighted by Crippen LogP contribution is 2.29. The quantitative estimate of drug-likeness (QED) is 0.680. The smallest absolute Gasteiger partial charge is 0.248 e. The molecule has 0 amide bonds. The average Bonchev–Trinajstić information content (AvgIpc) is 2.01. The van der Waals surface area contributed by atoms with Crippen LogP contribution in [-0.2, 0) is 6.18 Å². The van der Waals surface area contributed by atoms with E-state index in [1.807, 2.05) is 13.8 Å². The topological polar surface area (TPSA) is 12.9 Å². The fourth-order valence-electron chi connectivity index (χ4n) is 1.34. The Balaban J connectivity index is 3.13. The highest BCUT2D eigenvalue weighted by atomic mass is 19.4. The van der Waals surface area contributed by atoms with E-state index in [1.165, 1.54) is 6.07 Å². The number of hydrogen-bond donors (Lipinski definition) is 0. The van der Waals surface area contributed by atoms with Crippen molar-refractivity contribution in [3.8, 4) is 0 Å². The van der Waals surface area contributed by atoms with E-state index in [2.05, 4.69) is 4.98 Å². The van der Waals surface area contributed by atoms with Crippen LogP contribution in [0.4, 0.5) is 13.2 Å². The van der Waals surface area contributed by atoms with Crippen LogP contribution in [0.25, 0.3) is 0 Å². The third kappa shape index (κ3) is 2.25. The van der Waals surface area contributed by atoms with Crippen molar-refractivity contribution in [2.75, 3.05) is 0 Å². The lowest BCUT2D eigenvalue weighted by atomic mass is 10.0. The van der Waals surface area contributed by atoms with Crippen molar-refractivity contribution in [3.63, 3.8) is 0 Å². The highest BCUT2D eigenvalue weighted by molar-refractivity contribution is 5.25. The first kappa shape index (κ1) is 11.0. The average molecular weight is 203 g/mol. The van der Waals surface area contributed by atoms with E-state index >= 15 is 0 Å². The Morgan fingerprint density at radius 3 is 2.14 bits per heavy atom. The molecule has 0 saturated carbocycles. The van der Waals surface area contributed by atoms with Crippen LogP contribution in [-0.4, -0.2) is 4.98 Å². The molecular weight excluding hydrogens is 191 g/mol. The molecule has 0 aliphatic carbocycles. The highest BCUT2D eigenvalue weighted by Gasteiger charge is 2.32. The summed E-state index contributed by atoms with van der Waals surface area (Å²) in [4.78, 5) is 3.54. The number of nitrogens with zero attached hydrogens (tertiary/aromatic N) is 1. The third-order valence-corrected chi connectivity index (χ3v) is 2.04. The summed E-state index contributed by atoms with van der Waals surface area (Å²) < 4.78 is 36.7. The zero-order chi connectivity index (χ0) is 10.9. The monoisotopic (exact) mass is 203 g/mol. The van der Waals surface area contributed by atoms with Gasteiger partial charge < -0.3 is 0 Å². The van der Waals surface area contributed by atoms with E-state index in [-0.39, 0.29) is 5.92 Å². The van der Waals surface area contributed by atoms with Gasteiger partial charge in [0.15, 0.2) is 0 Å². The largest absolute Gasteiger partial charge is 0.433 e.